The molecule has 0 amide bonds. The third-order valence-corrected chi connectivity index (χ3v) is 5.19. The highest BCUT2D eigenvalue weighted by Crippen LogP contribution is 2.36. The zero-order chi connectivity index (χ0) is 15.0. The molecule has 1 aromatic carbocycles. The number of nitriles is 1. The van der Waals surface area contributed by atoms with Gasteiger partial charge in [-0.15, -0.1) is 0 Å². The second-order valence-corrected chi connectivity index (χ2v) is 8.12. The fourth-order valence-corrected chi connectivity index (χ4v) is 3.30. The summed E-state index contributed by atoms with van der Waals surface area (Å²) in [6.45, 7) is 5.57. The molecule has 20 heavy (non-hydrogen) atoms. The molecule has 1 N–H and O–H groups in total. The Bertz CT molecular complexity index is 589. The van der Waals surface area contributed by atoms with Gasteiger partial charge in [0.2, 0.25) is 0 Å². The van der Waals surface area contributed by atoms with Crippen LogP contribution in [0.5, 0.6) is 0 Å². The van der Waals surface area contributed by atoms with E-state index < -0.39 is 21.3 Å². The average Bonchev–Trinajstić information content (AvgIpc) is 2.37. The molecule has 1 aliphatic carbocycles. The Hall–Kier alpha value is -1.25. The van der Waals surface area contributed by atoms with E-state index in [1.807, 2.05) is 20.8 Å². The maximum absolute atomic E-state index is 13.3. The first-order valence-electron chi connectivity index (χ1n) is 6.68. The van der Waals surface area contributed by atoms with E-state index in [1.54, 1.807) is 6.07 Å². The van der Waals surface area contributed by atoms with Crippen LogP contribution in [0.25, 0.3) is 0 Å². The fourth-order valence-electron chi connectivity index (χ4n) is 2.42. The van der Waals surface area contributed by atoms with Gasteiger partial charge in [0.15, 0.2) is 0 Å². The first kappa shape index (κ1) is 15.1. The van der Waals surface area contributed by atoms with E-state index in [2.05, 4.69) is 10.8 Å². The Balaban J connectivity index is 2.44. The lowest BCUT2D eigenvalue weighted by Crippen LogP contribution is -2.48. The third-order valence-electron chi connectivity index (χ3n) is 3.54. The minimum atomic E-state index is -1.35. The van der Waals surface area contributed by atoms with Gasteiger partial charge in [0.25, 0.3) is 0 Å². The summed E-state index contributed by atoms with van der Waals surface area (Å²) in [5, 5.41) is 9.63. The molecule has 1 aromatic rings. The van der Waals surface area contributed by atoms with E-state index in [1.165, 1.54) is 12.1 Å². The van der Waals surface area contributed by atoms with Crippen molar-refractivity contribution in [2.45, 2.75) is 50.3 Å². The highest BCUT2D eigenvalue weighted by molar-refractivity contribution is 7.84. The molecular formula is C15H19FN2OS. The monoisotopic (exact) mass is 294 g/mol. The fraction of sp³-hybridized carbons (Fsp3) is 0.533. The average molecular weight is 294 g/mol. The first-order chi connectivity index (χ1) is 9.28. The molecule has 0 saturated carbocycles. The molecule has 0 radical (unpaired) electrons. The van der Waals surface area contributed by atoms with Crippen LogP contribution in [0.15, 0.2) is 18.2 Å². The first-order valence-corrected chi connectivity index (χ1v) is 7.83. The maximum atomic E-state index is 13.3. The molecule has 0 fully saturated rings. The number of rotatable bonds is 2. The van der Waals surface area contributed by atoms with E-state index in [-0.39, 0.29) is 5.82 Å². The molecule has 2 atom stereocenters. The van der Waals surface area contributed by atoms with Crippen molar-refractivity contribution >= 4 is 11.0 Å². The molecular weight excluding hydrogens is 275 g/mol. The second kappa shape index (κ2) is 5.27. The predicted octanol–water partition coefficient (Wildman–Crippen LogP) is 2.93. The van der Waals surface area contributed by atoms with Crippen LogP contribution < -0.4 is 4.72 Å². The van der Waals surface area contributed by atoms with Crippen molar-refractivity contribution in [3.05, 3.63) is 35.1 Å². The quantitative estimate of drug-likeness (QED) is 0.911. The molecule has 0 aliphatic heterocycles. The van der Waals surface area contributed by atoms with Gasteiger partial charge in [0.1, 0.15) is 11.4 Å². The van der Waals surface area contributed by atoms with Crippen LogP contribution in [-0.2, 0) is 22.9 Å². The largest absolute Gasteiger partial charge is 0.242 e. The summed E-state index contributed by atoms with van der Waals surface area (Å²) in [5.41, 5.74) is 0.598. The van der Waals surface area contributed by atoms with Gasteiger partial charge in [-0.25, -0.2) is 13.3 Å². The normalized spacial score (nSPS) is 23.8. The van der Waals surface area contributed by atoms with Crippen LogP contribution in [0, 0.1) is 17.1 Å². The number of nitrogens with one attached hydrogen (secondary N) is 1. The van der Waals surface area contributed by atoms with Crippen molar-refractivity contribution in [3.8, 4) is 6.07 Å². The summed E-state index contributed by atoms with van der Waals surface area (Å²) in [5.74, 6) is -0.297. The van der Waals surface area contributed by atoms with Crippen molar-refractivity contribution in [3.63, 3.8) is 0 Å². The van der Waals surface area contributed by atoms with Crippen molar-refractivity contribution in [1.82, 2.24) is 4.72 Å². The lowest BCUT2D eigenvalue weighted by Gasteiger charge is -2.35. The van der Waals surface area contributed by atoms with Gasteiger partial charge in [0.05, 0.1) is 21.8 Å². The molecule has 0 bridgehead atoms. The molecule has 0 unspecified atom stereocenters. The third kappa shape index (κ3) is 2.77. The van der Waals surface area contributed by atoms with Crippen LogP contribution in [0.4, 0.5) is 4.39 Å². The Kier molecular flexibility index (Phi) is 3.99. The highest BCUT2D eigenvalue weighted by atomic mass is 32.2. The standard InChI is InChI=1S/C15H19FN2OS/c1-14(2,3)20(19)18-15(10-17)8-4-5-11-9-12(16)6-7-13(11)15/h6-7,9,18H,4-5,8H2,1-3H3/t15-,20+/m1/s1. The summed E-state index contributed by atoms with van der Waals surface area (Å²) in [4.78, 5) is 0. The number of hydrogen-bond acceptors (Lipinski definition) is 2. The topological polar surface area (TPSA) is 52.9 Å². The van der Waals surface area contributed by atoms with E-state index in [4.69, 9.17) is 0 Å². The molecule has 0 heterocycles. The Morgan fingerprint density at radius 2 is 2.15 bits per heavy atom. The van der Waals surface area contributed by atoms with Crippen LogP contribution >= 0.6 is 0 Å². The van der Waals surface area contributed by atoms with Crippen LogP contribution in [-0.4, -0.2) is 8.96 Å². The molecule has 3 nitrogen and oxygen atoms in total. The van der Waals surface area contributed by atoms with Gasteiger partial charge >= 0.3 is 0 Å². The van der Waals surface area contributed by atoms with Crippen LogP contribution in [0.1, 0.15) is 44.7 Å². The maximum Gasteiger partial charge on any atom is 0.143 e. The van der Waals surface area contributed by atoms with Crippen molar-refractivity contribution in [2.24, 2.45) is 0 Å². The van der Waals surface area contributed by atoms with E-state index >= 15 is 0 Å². The summed E-state index contributed by atoms with van der Waals surface area (Å²) < 4.78 is 28.2. The highest BCUT2D eigenvalue weighted by Gasteiger charge is 2.40. The van der Waals surface area contributed by atoms with Crippen LogP contribution in [0.2, 0.25) is 0 Å². The molecule has 0 spiro atoms. The Morgan fingerprint density at radius 3 is 2.75 bits per heavy atom. The molecule has 1 aliphatic rings. The molecule has 0 saturated heterocycles. The zero-order valence-corrected chi connectivity index (χ0v) is 12.8. The number of fused-ring (bicyclic) bond motifs is 1. The van der Waals surface area contributed by atoms with Crippen molar-refractivity contribution in [1.29, 1.82) is 5.26 Å². The lowest BCUT2D eigenvalue weighted by atomic mass is 9.78. The predicted molar refractivity (Wildman–Crippen MR) is 77.7 cm³/mol. The van der Waals surface area contributed by atoms with Gasteiger partial charge in [-0.2, -0.15) is 5.26 Å². The van der Waals surface area contributed by atoms with Crippen LogP contribution in [0.3, 0.4) is 0 Å². The molecule has 2 rings (SSSR count). The number of hydrogen-bond donors (Lipinski definition) is 1. The van der Waals surface area contributed by atoms with E-state index in [0.717, 1.165) is 24.0 Å². The number of nitrogens with zero attached hydrogens (tertiary/aromatic N) is 1. The number of aryl methyl sites for hydroxylation is 1. The molecule has 5 heteroatoms. The minimum Gasteiger partial charge on any atom is -0.242 e. The van der Waals surface area contributed by atoms with E-state index in [9.17, 15) is 13.9 Å². The molecule has 0 aromatic heterocycles. The van der Waals surface area contributed by atoms with Gasteiger partial charge in [0, 0.05) is 0 Å². The van der Waals surface area contributed by atoms with Gasteiger partial charge in [-0.05, 0) is 63.3 Å². The smallest absolute Gasteiger partial charge is 0.143 e. The summed E-state index contributed by atoms with van der Waals surface area (Å²) in [6, 6.07) is 6.74. The van der Waals surface area contributed by atoms with Gasteiger partial charge in [-0.1, -0.05) is 6.07 Å². The Labute approximate surface area is 121 Å². The SMILES string of the molecule is CC(C)(C)[S@](=O)N[C@@]1(C#N)CCCc2cc(F)ccc21. The lowest BCUT2D eigenvalue weighted by molar-refractivity contribution is 0.427. The van der Waals surface area contributed by atoms with Gasteiger partial charge < -0.3 is 0 Å². The minimum absolute atomic E-state index is 0.297. The summed E-state index contributed by atoms with van der Waals surface area (Å²) in [7, 11) is -1.35. The summed E-state index contributed by atoms with van der Waals surface area (Å²) >= 11 is 0. The zero-order valence-electron chi connectivity index (χ0n) is 12.0. The van der Waals surface area contributed by atoms with Gasteiger partial charge in [-0.3, -0.25) is 0 Å². The van der Waals surface area contributed by atoms with E-state index in [0.29, 0.717) is 6.42 Å². The second-order valence-electron chi connectivity index (χ2n) is 6.16. The van der Waals surface area contributed by atoms with Crippen molar-refractivity contribution in [2.75, 3.05) is 0 Å². The number of benzene rings is 1. The number of halogens is 1. The van der Waals surface area contributed by atoms with Crippen molar-refractivity contribution < 1.29 is 8.60 Å². The summed E-state index contributed by atoms with van der Waals surface area (Å²) in [6.07, 6.45) is 2.11. The Morgan fingerprint density at radius 1 is 1.45 bits per heavy atom. The molecule has 108 valence electrons.